The third-order valence-corrected chi connectivity index (χ3v) is 3.06. The molecule has 0 radical (unpaired) electrons. The van der Waals surface area contributed by atoms with Crippen molar-refractivity contribution < 1.29 is 19.5 Å². The molecule has 8 heteroatoms. The van der Waals surface area contributed by atoms with Gasteiger partial charge < -0.3 is 15.7 Å². The first kappa shape index (κ1) is 17.7. The Bertz CT molecular complexity index is 513. The predicted octanol–water partition coefficient (Wildman–Crippen LogP) is 0.176. The molecule has 1 aromatic rings. The maximum Gasteiger partial charge on any atom is 0.326 e. The SMILES string of the molecule is CC(C)C[C@H](NC(=O)CNC(=O)C(C)n1cccn1)C(=O)O. The van der Waals surface area contributed by atoms with E-state index in [1.165, 1.54) is 4.68 Å². The van der Waals surface area contributed by atoms with E-state index >= 15 is 0 Å². The average molecular weight is 310 g/mol. The summed E-state index contributed by atoms with van der Waals surface area (Å²) in [5.74, 6) is -1.85. The van der Waals surface area contributed by atoms with Crippen LogP contribution in [0.2, 0.25) is 0 Å². The molecule has 3 N–H and O–H groups in total. The van der Waals surface area contributed by atoms with Crippen LogP contribution in [0.3, 0.4) is 0 Å². The van der Waals surface area contributed by atoms with Crippen LogP contribution in [0.15, 0.2) is 18.5 Å². The lowest BCUT2D eigenvalue weighted by molar-refractivity contribution is -0.142. The van der Waals surface area contributed by atoms with Crippen LogP contribution in [0.25, 0.3) is 0 Å². The second kappa shape index (κ2) is 8.16. The normalized spacial score (nSPS) is 13.5. The number of rotatable bonds is 8. The number of carbonyl (C=O) groups is 3. The molecule has 0 bridgehead atoms. The number of carboxylic acid groups (broad SMARTS) is 1. The molecule has 0 saturated heterocycles. The van der Waals surface area contributed by atoms with Gasteiger partial charge in [-0.05, 0) is 25.3 Å². The lowest BCUT2D eigenvalue weighted by Gasteiger charge is -2.17. The summed E-state index contributed by atoms with van der Waals surface area (Å²) in [7, 11) is 0. The Morgan fingerprint density at radius 1 is 1.27 bits per heavy atom. The number of aliphatic carboxylic acids is 1. The number of amides is 2. The molecule has 0 aliphatic carbocycles. The Morgan fingerprint density at radius 3 is 2.45 bits per heavy atom. The Kier molecular flexibility index (Phi) is 6.55. The van der Waals surface area contributed by atoms with E-state index in [4.69, 9.17) is 5.11 Å². The lowest BCUT2D eigenvalue weighted by atomic mass is 10.0. The molecule has 1 rings (SSSR count). The van der Waals surface area contributed by atoms with Gasteiger partial charge in [0.25, 0.3) is 0 Å². The van der Waals surface area contributed by atoms with Crippen LogP contribution in [-0.4, -0.2) is 45.3 Å². The molecule has 1 aromatic heterocycles. The highest BCUT2D eigenvalue weighted by Gasteiger charge is 2.22. The van der Waals surface area contributed by atoms with Gasteiger partial charge in [0.05, 0.1) is 6.54 Å². The van der Waals surface area contributed by atoms with Crippen LogP contribution in [-0.2, 0) is 14.4 Å². The smallest absolute Gasteiger partial charge is 0.326 e. The van der Waals surface area contributed by atoms with Crippen molar-refractivity contribution in [3.05, 3.63) is 18.5 Å². The second-order valence-corrected chi connectivity index (χ2v) is 5.47. The third kappa shape index (κ3) is 5.55. The fourth-order valence-corrected chi connectivity index (χ4v) is 1.88. The summed E-state index contributed by atoms with van der Waals surface area (Å²) in [5.41, 5.74) is 0. The van der Waals surface area contributed by atoms with Gasteiger partial charge in [0.15, 0.2) is 0 Å². The number of aromatic nitrogens is 2. The van der Waals surface area contributed by atoms with Gasteiger partial charge in [-0.3, -0.25) is 14.3 Å². The number of hydrogen-bond acceptors (Lipinski definition) is 4. The Hall–Kier alpha value is -2.38. The molecule has 122 valence electrons. The molecule has 0 aliphatic rings. The summed E-state index contributed by atoms with van der Waals surface area (Å²) in [6.45, 7) is 5.12. The zero-order valence-electron chi connectivity index (χ0n) is 12.9. The molecule has 0 saturated carbocycles. The minimum atomic E-state index is -1.08. The Labute approximate surface area is 128 Å². The van der Waals surface area contributed by atoms with E-state index in [1.54, 1.807) is 25.4 Å². The molecule has 0 spiro atoms. The number of nitrogens with one attached hydrogen (secondary N) is 2. The van der Waals surface area contributed by atoms with Gasteiger partial charge in [-0.2, -0.15) is 5.10 Å². The maximum atomic E-state index is 11.9. The molecule has 1 heterocycles. The van der Waals surface area contributed by atoms with Crippen LogP contribution in [0.1, 0.15) is 33.2 Å². The molecular weight excluding hydrogens is 288 g/mol. The highest BCUT2D eigenvalue weighted by atomic mass is 16.4. The van der Waals surface area contributed by atoms with Gasteiger partial charge in [0, 0.05) is 12.4 Å². The molecule has 22 heavy (non-hydrogen) atoms. The first-order valence-corrected chi connectivity index (χ1v) is 7.10. The van der Waals surface area contributed by atoms with E-state index < -0.39 is 24.0 Å². The summed E-state index contributed by atoms with van der Waals surface area (Å²) < 4.78 is 1.46. The predicted molar refractivity (Wildman–Crippen MR) is 79.0 cm³/mol. The van der Waals surface area contributed by atoms with Gasteiger partial charge in [-0.25, -0.2) is 4.79 Å². The molecule has 0 fully saturated rings. The van der Waals surface area contributed by atoms with Crippen molar-refractivity contribution in [2.24, 2.45) is 5.92 Å². The summed E-state index contributed by atoms with van der Waals surface area (Å²) >= 11 is 0. The van der Waals surface area contributed by atoms with E-state index in [1.807, 2.05) is 13.8 Å². The van der Waals surface area contributed by atoms with Crippen molar-refractivity contribution in [3.8, 4) is 0 Å². The number of hydrogen-bond donors (Lipinski definition) is 3. The van der Waals surface area contributed by atoms with Crippen molar-refractivity contribution in [1.82, 2.24) is 20.4 Å². The minimum Gasteiger partial charge on any atom is -0.480 e. The second-order valence-electron chi connectivity index (χ2n) is 5.47. The maximum absolute atomic E-state index is 11.9. The van der Waals surface area contributed by atoms with Crippen LogP contribution in [0, 0.1) is 5.92 Å². The molecule has 0 aromatic carbocycles. The highest BCUT2D eigenvalue weighted by Crippen LogP contribution is 2.05. The zero-order valence-corrected chi connectivity index (χ0v) is 12.9. The minimum absolute atomic E-state index is 0.135. The van der Waals surface area contributed by atoms with E-state index in [9.17, 15) is 14.4 Å². The molecule has 0 aliphatic heterocycles. The van der Waals surface area contributed by atoms with Gasteiger partial charge in [0.2, 0.25) is 11.8 Å². The van der Waals surface area contributed by atoms with E-state index in [-0.39, 0.29) is 18.4 Å². The molecule has 2 atom stereocenters. The van der Waals surface area contributed by atoms with Crippen molar-refractivity contribution in [2.45, 2.75) is 39.3 Å². The Balaban J connectivity index is 2.44. The summed E-state index contributed by atoms with van der Waals surface area (Å²) in [5, 5.41) is 17.9. The average Bonchev–Trinajstić information content (AvgIpc) is 2.96. The fourth-order valence-electron chi connectivity index (χ4n) is 1.88. The third-order valence-electron chi connectivity index (χ3n) is 3.06. The largest absolute Gasteiger partial charge is 0.480 e. The summed E-state index contributed by atoms with van der Waals surface area (Å²) in [6, 6.07) is 0.196. The van der Waals surface area contributed by atoms with E-state index in [0.717, 1.165) is 0 Å². The molecule has 1 unspecified atom stereocenters. The van der Waals surface area contributed by atoms with Crippen LogP contribution < -0.4 is 10.6 Å². The first-order valence-electron chi connectivity index (χ1n) is 7.10. The number of nitrogens with zero attached hydrogens (tertiary/aromatic N) is 2. The van der Waals surface area contributed by atoms with Crippen molar-refractivity contribution in [2.75, 3.05) is 6.54 Å². The first-order chi connectivity index (χ1) is 10.3. The van der Waals surface area contributed by atoms with E-state index in [0.29, 0.717) is 6.42 Å². The molecule has 8 nitrogen and oxygen atoms in total. The van der Waals surface area contributed by atoms with Gasteiger partial charge in [-0.1, -0.05) is 13.8 Å². The quantitative estimate of drug-likeness (QED) is 0.633. The monoisotopic (exact) mass is 310 g/mol. The Morgan fingerprint density at radius 2 is 1.95 bits per heavy atom. The van der Waals surface area contributed by atoms with E-state index in [2.05, 4.69) is 15.7 Å². The van der Waals surface area contributed by atoms with Crippen molar-refractivity contribution >= 4 is 17.8 Å². The summed E-state index contributed by atoms with van der Waals surface area (Å²) in [4.78, 5) is 34.7. The zero-order chi connectivity index (χ0) is 16.7. The van der Waals surface area contributed by atoms with Gasteiger partial charge >= 0.3 is 5.97 Å². The standard InChI is InChI=1S/C14H22N4O4/c1-9(2)7-11(14(21)22)17-12(19)8-15-13(20)10(3)18-6-4-5-16-18/h4-6,9-11H,7-8H2,1-3H3,(H,15,20)(H,17,19)(H,21,22)/t10?,11-/m0/s1. The van der Waals surface area contributed by atoms with Gasteiger partial charge in [0.1, 0.15) is 12.1 Å². The topological polar surface area (TPSA) is 113 Å². The van der Waals surface area contributed by atoms with Crippen LogP contribution in [0.4, 0.5) is 0 Å². The number of carboxylic acids is 1. The van der Waals surface area contributed by atoms with Crippen molar-refractivity contribution in [3.63, 3.8) is 0 Å². The van der Waals surface area contributed by atoms with Crippen molar-refractivity contribution in [1.29, 1.82) is 0 Å². The summed E-state index contributed by atoms with van der Waals surface area (Å²) in [6.07, 6.45) is 3.53. The van der Waals surface area contributed by atoms with Gasteiger partial charge in [-0.15, -0.1) is 0 Å². The lowest BCUT2D eigenvalue weighted by Crippen LogP contribution is -2.46. The fraction of sp³-hybridized carbons (Fsp3) is 0.571. The molecular formula is C14H22N4O4. The number of carbonyl (C=O) groups excluding carboxylic acids is 2. The van der Waals surface area contributed by atoms with Crippen LogP contribution in [0.5, 0.6) is 0 Å². The molecule has 2 amide bonds. The highest BCUT2D eigenvalue weighted by molar-refractivity contribution is 5.88. The van der Waals surface area contributed by atoms with Crippen LogP contribution >= 0.6 is 0 Å².